The zero-order valence-corrected chi connectivity index (χ0v) is 14.5. The molecule has 0 aromatic heterocycles. The molecule has 3 rings (SSSR count). The minimum absolute atomic E-state index is 0.198. The van der Waals surface area contributed by atoms with E-state index in [-0.39, 0.29) is 11.9 Å². The predicted molar refractivity (Wildman–Crippen MR) is 98.2 cm³/mol. The number of β-amino-alcohol motifs (C(OH)–C–C–N with tert-alkyl or cyclic N) is 1. The van der Waals surface area contributed by atoms with Crippen LogP contribution in [0.3, 0.4) is 0 Å². The lowest BCUT2D eigenvalue weighted by atomic mass is 10.2. The van der Waals surface area contributed by atoms with Crippen LogP contribution in [0.5, 0.6) is 0 Å². The summed E-state index contributed by atoms with van der Waals surface area (Å²) in [7, 11) is 0. The first kappa shape index (κ1) is 17.3. The van der Waals surface area contributed by atoms with Crippen LogP contribution in [0.4, 0.5) is 10.1 Å². The molecule has 3 nitrogen and oxygen atoms in total. The minimum Gasteiger partial charge on any atom is -0.391 e. The zero-order chi connectivity index (χ0) is 16.8. The average molecular weight is 346 g/mol. The van der Waals surface area contributed by atoms with E-state index in [9.17, 15) is 9.50 Å². The van der Waals surface area contributed by atoms with Crippen molar-refractivity contribution in [1.82, 2.24) is 4.90 Å². The van der Waals surface area contributed by atoms with Gasteiger partial charge in [0.05, 0.1) is 6.10 Å². The fourth-order valence-corrected chi connectivity index (χ4v) is 3.74. The van der Waals surface area contributed by atoms with Gasteiger partial charge in [0, 0.05) is 49.1 Å². The van der Waals surface area contributed by atoms with Crippen molar-refractivity contribution in [3.8, 4) is 0 Å². The van der Waals surface area contributed by atoms with Crippen molar-refractivity contribution in [2.75, 3.05) is 43.4 Å². The van der Waals surface area contributed by atoms with Crippen LogP contribution in [0.25, 0.3) is 0 Å². The van der Waals surface area contributed by atoms with E-state index in [1.165, 1.54) is 17.0 Å². The van der Waals surface area contributed by atoms with E-state index in [1.807, 2.05) is 30.3 Å². The van der Waals surface area contributed by atoms with Gasteiger partial charge in [0.25, 0.3) is 0 Å². The fraction of sp³-hybridized carbons (Fsp3) is 0.368. The minimum atomic E-state index is -0.326. The van der Waals surface area contributed by atoms with Gasteiger partial charge in [0.1, 0.15) is 5.82 Å². The summed E-state index contributed by atoms with van der Waals surface area (Å²) in [6.07, 6.45) is -0.326. The van der Waals surface area contributed by atoms with E-state index in [4.69, 9.17) is 0 Å². The second kappa shape index (κ2) is 8.51. The molecule has 0 spiro atoms. The summed E-state index contributed by atoms with van der Waals surface area (Å²) in [5.41, 5.74) is 1.07. The van der Waals surface area contributed by atoms with E-state index in [1.54, 1.807) is 11.8 Å². The average Bonchev–Trinajstić information content (AvgIpc) is 2.62. The topological polar surface area (TPSA) is 26.7 Å². The van der Waals surface area contributed by atoms with Crippen molar-refractivity contribution in [2.45, 2.75) is 11.0 Å². The Morgan fingerprint density at radius 2 is 1.62 bits per heavy atom. The number of hydrogen-bond acceptors (Lipinski definition) is 4. The number of hydrogen-bond donors (Lipinski definition) is 1. The molecule has 2 aromatic rings. The molecule has 1 saturated heterocycles. The molecule has 0 bridgehead atoms. The van der Waals surface area contributed by atoms with E-state index in [0.717, 1.165) is 31.9 Å². The molecular formula is C19H23FN2OS. The first-order chi connectivity index (χ1) is 11.7. The Bertz CT molecular complexity index is 615. The van der Waals surface area contributed by atoms with Gasteiger partial charge >= 0.3 is 0 Å². The Balaban J connectivity index is 1.41. The van der Waals surface area contributed by atoms with Gasteiger partial charge in [0.2, 0.25) is 0 Å². The van der Waals surface area contributed by atoms with Crippen molar-refractivity contribution in [1.29, 1.82) is 0 Å². The lowest BCUT2D eigenvalue weighted by Crippen LogP contribution is -2.48. The van der Waals surface area contributed by atoms with Crippen molar-refractivity contribution in [3.63, 3.8) is 0 Å². The second-order valence-corrected chi connectivity index (χ2v) is 7.14. The number of anilines is 1. The van der Waals surface area contributed by atoms with E-state index >= 15 is 0 Å². The van der Waals surface area contributed by atoms with Gasteiger partial charge in [-0.3, -0.25) is 4.90 Å². The maximum absolute atomic E-state index is 13.0. The van der Waals surface area contributed by atoms with E-state index in [2.05, 4.69) is 21.9 Å². The molecule has 1 aliphatic heterocycles. The van der Waals surface area contributed by atoms with Gasteiger partial charge in [0.15, 0.2) is 0 Å². The fourth-order valence-electron chi connectivity index (χ4n) is 2.90. The Labute approximate surface area is 147 Å². The summed E-state index contributed by atoms with van der Waals surface area (Å²) in [6, 6.07) is 16.8. The SMILES string of the molecule is O[C@@H](CSc1ccccc1)CN1CCN(c2ccc(F)cc2)CC1. The molecule has 5 heteroatoms. The summed E-state index contributed by atoms with van der Waals surface area (Å²) in [5.74, 6) is 0.513. The Morgan fingerprint density at radius 1 is 0.958 bits per heavy atom. The molecular weight excluding hydrogens is 323 g/mol. The number of benzene rings is 2. The molecule has 1 atom stereocenters. The Kier molecular flexibility index (Phi) is 6.12. The van der Waals surface area contributed by atoms with Crippen LogP contribution in [0.1, 0.15) is 0 Å². The van der Waals surface area contributed by atoms with Gasteiger partial charge in [-0.15, -0.1) is 11.8 Å². The molecule has 0 radical (unpaired) electrons. The summed E-state index contributed by atoms with van der Waals surface area (Å²) in [4.78, 5) is 5.76. The molecule has 0 amide bonds. The first-order valence-corrected chi connectivity index (χ1v) is 9.28. The van der Waals surface area contributed by atoms with Gasteiger partial charge in [-0.1, -0.05) is 18.2 Å². The van der Waals surface area contributed by atoms with Crippen LogP contribution >= 0.6 is 11.8 Å². The van der Waals surface area contributed by atoms with Crippen LogP contribution in [0, 0.1) is 5.82 Å². The number of aliphatic hydroxyl groups excluding tert-OH is 1. The van der Waals surface area contributed by atoms with Gasteiger partial charge in [-0.2, -0.15) is 0 Å². The molecule has 1 aliphatic rings. The van der Waals surface area contributed by atoms with Gasteiger partial charge in [-0.05, 0) is 36.4 Å². The number of piperazine rings is 1. The number of nitrogens with zero attached hydrogens (tertiary/aromatic N) is 2. The Hall–Kier alpha value is -1.56. The lowest BCUT2D eigenvalue weighted by Gasteiger charge is -2.36. The van der Waals surface area contributed by atoms with E-state index in [0.29, 0.717) is 12.3 Å². The van der Waals surface area contributed by atoms with Gasteiger partial charge in [-0.25, -0.2) is 4.39 Å². The molecule has 1 N–H and O–H groups in total. The molecule has 0 unspecified atom stereocenters. The van der Waals surface area contributed by atoms with Crippen LogP contribution < -0.4 is 4.90 Å². The third-order valence-corrected chi connectivity index (χ3v) is 5.38. The van der Waals surface area contributed by atoms with Crippen molar-refractivity contribution in [3.05, 3.63) is 60.4 Å². The lowest BCUT2D eigenvalue weighted by molar-refractivity contribution is 0.126. The standard InChI is InChI=1S/C19H23FN2OS/c20-16-6-8-17(9-7-16)22-12-10-21(11-13-22)14-18(23)15-24-19-4-2-1-3-5-19/h1-9,18,23H,10-15H2/t18-/m1/s1. The number of rotatable bonds is 6. The summed E-state index contributed by atoms with van der Waals surface area (Å²) < 4.78 is 13.0. The van der Waals surface area contributed by atoms with Crippen LogP contribution in [-0.2, 0) is 0 Å². The number of aliphatic hydroxyl groups is 1. The molecule has 24 heavy (non-hydrogen) atoms. The molecule has 2 aromatic carbocycles. The number of halogens is 1. The highest BCUT2D eigenvalue weighted by molar-refractivity contribution is 7.99. The highest BCUT2D eigenvalue weighted by atomic mass is 32.2. The second-order valence-electron chi connectivity index (χ2n) is 6.04. The summed E-state index contributed by atoms with van der Waals surface area (Å²) in [5, 5.41) is 10.3. The Morgan fingerprint density at radius 3 is 2.29 bits per heavy atom. The largest absolute Gasteiger partial charge is 0.391 e. The molecule has 1 fully saturated rings. The molecule has 1 heterocycles. The van der Waals surface area contributed by atoms with Crippen molar-refractivity contribution < 1.29 is 9.50 Å². The third-order valence-electron chi connectivity index (χ3n) is 4.22. The van der Waals surface area contributed by atoms with Crippen LogP contribution in [0.15, 0.2) is 59.5 Å². The smallest absolute Gasteiger partial charge is 0.123 e. The summed E-state index contributed by atoms with van der Waals surface area (Å²) in [6.45, 7) is 4.36. The third kappa shape index (κ3) is 4.97. The maximum atomic E-state index is 13.0. The van der Waals surface area contributed by atoms with Crippen LogP contribution in [-0.4, -0.2) is 54.6 Å². The van der Waals surface area contributed by atoms with E-state index < -0.39 is 0 Å². The van der Waals surface area contributed by atoms with Crippen LogP contribution in [0.2, 0.25) is 0 Å². The predicted octanol–water partition coefficient (Wildman–Crippen LogP) is 3.10. The summed E-state index contributed by atoms with van der Waals surface area (Å²) >= 11 is 1.69. The maximum Gasteiger partial charge on any atom is 0.123 e. The first-order valence-electron chi connectivity index (χ1n) is 8.29. The quantitative estimate of drug-likeness (QED) is 0.813. The highest BCUT2D eigenvalue weighted by Gasteiger charge is 2.19. The van der Waals surface area contributed by atoms with Crippen molar-refractivity contribution >= 4 is 17.4 Å². The molecule has 0 saturated carbocycles. The highest BCUT2D eigenvalue weighted by Crippen LogP contribution is 2.19. The zero-order valence-electron chi connectivity index (χ0n) is 13.6. The van der Waals surface area contributed by atoms with Gasteiger partial charge < -0.3 is 10.0 Å². The van der Waals surface area contributed by atoms with Crippen molar-refractivity contribution in [2.24, 2.45) is 0 Å². The monoisotopic (exact) mass is 346 g/mol. The normalized spacial score (nSPS) is 17.0. The molecule has 0 aliphatic carbocycles. The molecule has 128 valence electrons. The number of thioether (sulfide) groups is 1.